The first-order chi connectivity index (χ1) is 8.45. The Balaban J connectivity index is 2.82. The van der Waals surface area contributed by atoms with Crippen LogP contribution in [0.1, 0.15) is 28.7 Å². The molecule has 0 aliphatic rings. The summed E-state index contributed by atoms with van der Waals surface area (Å²) in [6.45, 7) is 0. The number of methoxy groups -OCH3 is 1. The lowest BCUT2D eigenvalue weighted by Crippen LogP contribution is -2.23. The van der Waals surface area contributed by atoms with Crippen LogP contribution >= 0.6 is 0 Å². The van der Waals surface area contributed by atoms with E-state index in [4.69, 9.17) is 5.11 Å². The molecular formula is C11H13NO6. The molecule has 1 aromatic rings. The number of aliphatic hydroxyl groups excluding tert-OH is 2. The molecule has 1 aromatic heterocycles. The van der Waals surface area contributed by atoms with Crippen LogP contribution in [-0.2, 0) is 9.53 Å². The summed E-state index contributed by atoms with van der Waals surface area (Å²) in [5.41, 5.74) is -0.275. The van der Waals surface area contributed by atoms with Crippen molar-refractivity contribution in [3.05, 3.63) is 29.6 Å². The Hall–Kier alpha value is -1.99. The van der Waals surface area contributed by atoms with Crippen LogP contribution in [0.15, 0.2) is 18.2 Å². The number of aromatic nitrogens is 1. The molecule has 0 fully saturated rings. The number of carbonyl (C=O) groups excluding carboxylic acids is 1. The first-order valence-electron chi connectivity index (χ1n) is 5.09. The van der Waals surface area contributed by atoms with Crippen molar-refractivity contribution in [2.75, 3.05) is 7.11 Å². The van der Waals surface area contributed by atoms with Crippen molar-refractivity contribution in [3.63, 3.8) is 0 Å². The highest BCUT2D eigenvalue weighted by molar-refractivity contribution is 5.85. The van der Waals surface area contributed by atoms with Crippen molar-refractivity contribution in [1.82, 2.24) is 4.98 Å². The molecule has 0 aliphatic carbocycles. The largest absolute Gasteiger partial charge is 0.477 e. The summed E-state index contributed by atoms with van der Waals surface area (Å²) < 4.78 is 4.34. The number of nitrogens with zero attached hydrogens (tertiary/aromatic N) is 1. The van der Waals surface area contributed by atoms with E-state index >= 15 is 0 Å². The number of esters is 1. The summed E-state index contributed by atoms with van der Waals surface area (Å²) in [5.74, 6) is -1.93. The molecule has 98 valence electrons. The average Bonchev–Trinajstić information content (AvgIpc) is 2.37. The van der Waals surface area contributed by atoms with Crippen LogP contribution in [0.4, 0.5) is 0 Å². The Morgan fingerprint density at radius 1 is 1.39 bits per heavy atom. The van der Waals surface area contributed by atoms with E-state index in [0.29, 0.717) is 0 Å². The number of rotatable bonds is 5. The summed E-state index contributed by atoms with van der Waals surface area (Å²) in [7, 11) is 1.16. The van der Waals surface area contributed by atoms with Crippen LogP contribution in [-0.4, -0.2) is 45.5 Å². The molecule has 2 unspecified atom stereocenters. The molecule has 0 aliphatic heterocycles. The molecule has 1 rings (SSSR count). The SMILES string of the molecule is COC(=O)CC(O)C(O)c1cccc(C(=O)O)n1. The molecule has 2 atom stereocenters. The Bertz CT molecular complexity index is 447. The second kappa shape index (κ2) is 6.08. The molecule has 0 amide bonds. The fourth-order valence-electron chi connectivity index (χ4n) is 1.30. The molecule has 0 spiro atoms. The maximum Gasteiger partial charge on any atom is 0.354 e. The number of carbonyl (C=O) groups is 2. The maximum atomic E-state index is 10.9. The fraction of sp³-hybridized carbons (Fsp3) is 0.364. The average molecular weight is 255 g/mol. The van der Waals surface area contributed by atoms with Gasteiger partial charge in [0.2, 0.25) is 0 Å². The van der Waals surface area contributed by atoms with Gasteiger partial charge in [-0.1, -0.05) is 6.07 Å². The van der Waals surface area contributed by atoms with Gasteiger partial charge in [-0.15, -0.1) is 0 Å². The van der Waals surface area contributed by atoms with E-state index < -0.39 is 30.6 Å². The van der Waals surface area contributed by atoms with E-state index in [-0.39, 0.29) is 11.4 Å². The van der Waals surface area contributed by atoms with Gasteiger partial charge in [0.05, 0.1) is 25.3 Å². The summed E-state index contributed by atoms with van der Waals surface area (Å²) in [6.07, 6.45) is -3.27. The second-order valence-electron chi connectivity index (χ2n) is 3.55. The van der Waals surface area contributed by atoms with Crippen LogP contribution in [0.2, 0.25) is 0 Å². The summed E-state index contributed by atoms with van der Waals surface area (Å²) in [6, 6.07) is 4.00. The minimum atomic E-state index is -1.46. The van der Waals surface area contributed by atoms with E-state index in [2.05, 4.69) is 9.72 Å². The van der Waals surface area contributed by atoms with Crippen LogP contribution in [0.3, 0.4) is 0 Å². The molecule has 7 nitrogen and oxygen atoms in total. The van der Waals surface area contributed by atoms with Gasteiger partial charge in [0.25, 0.3) is 0 Å². The molecule has 18 heavy (non-hydrogen) atoms. The summed E-state index contributed by atoms with van der Waals surface area (Å²) in [5, 5.41) is 28.0. The Labute approximate surface area is 103 Å². The highest BCUT2D eigenvalue weighted by atomic mass is 16.5. The normalized spacial score (nSPS) is 13.7. The predicted octanol–water partition coefficient (Wildman–Crippen LogP) is -0.263. The number of pyridine rings is 1. The van der Waals surface area contributed by atoms with Crippen molar-refractivity contribution < 1.29 is 29.6 Å². The van der Waals surface area contributed by atoms with E-state index in [1.807, 2.05) is 0 Å². The second-order valence-corrected chi connectivity index (χ2v) is 3.55. The number of aliphatic hydroxyl groups is 2. The Morgan fingerprint density at radius 2 is 2.06 bits per heavy atom. The third kappa shape index (κ3) is 3.51. The molecule has 0 aromatic carbocycles. The zero-order valence-corrected chi connectivity index (χ0v) is 9.61. The monoisotopic (exact) mass is 255 g/mol. The van der Waals surface area contributed by atoms with Crippen LogP contribution in [0.5, 0.6) is 0 Å². The summed E-state index contributed by atoms with van der Waals surface area (Å²) >= 11 is 0. The Morgan fingerprint density at radius 3 is 2.61 bits per heavy atom. The van der Waals surface area contributed by atoms with Gasteiger partial charge in [0.1, 0.15) is 11.8 Å². The zero-order chi connectivity index (χ0) is 13.7. The van der Waals surface area contributed by atoms with Crippen molar-refractivity contribution in [3.8, 4) is 0 Å². The van der Waals surface area contributed by atoms with Crippen molar-refractivity contribution >= 4 is 11.9 Å². The van der Waals surface area contributed by atoms with Crippen molar-refractivity contribution in [2.24, 2.45) is 0 Å². The van der Waals surface area contributed by atoms with Crippen LogP contribution in [0.25, 0.3) is 0 Å². The number of carboxylic acids is 1. The lowest BCUT2D eigenvalue weighted by molar-refractivity contribution is -0.144. The van der Waals surface area contributed by atoms with Crippen molar-refractivity contribution in [1.29, 1.82) is 0 Å². The lowest BCUT2D eigenvalue weighted by atomic mass is 10.1. The standard InChI is InChI=1S/C11H13NO6/c1-18-9(14)5-8(13)10(15)6-3-2-4-7(12-6)11(16)17/h2-4,8,10,13,15H,5H2,1H3,(H,16,17). The molecule has 1 heterocycles. The topological polar surface area (TPSA) is 117 Å². The molecule has 7 heteroatoms. The van der Waals surface area contributed by atoms with Gasteiger partial charge < -0.3 is 20.1 Å². The van der Waals surface area contributed by atoms with E-state index in [9.17, 15) is 19.8 Å². The minimum absolute atomic E-state index is 0.0219. The number of carboxylic acid groups (broad SMARTS) is 1. The number of ether oxygens (including phenoxy) is 1. The smallest absolute Gasteiger partial charge is 0.354 e. The summed E-state index contributed by atoms with van der Waals surface area (Å²) in [4.78, 5) is 25.3. The Kier molecular flexibility index (Phi) is 4.75. The third-order valence-corrected chi connectivity index (χ3v) is 2.26. The van der Waals surface area contributed by atoms with Crippen LogP contribution in [0, 0.1) is 0 Å². The molecule has 0 radical (unpaired) electrons. The van der Waals surface area contributed by atoms with Gasteiger partial charge in [-0.2, -0.15) is 0 Å². The van der Waals surface area contributed by atoms with Gasteiger partial charge in [0.15, 0.2) is 0 Å². The zero-order valence-electron chi connectivity index (χ0n) is 9.61. The highest BCUT2D eigenvalue weighted by Gasteiger charge is 2.23. The van der Waals surface area contributed by atoms with Gasteiger partial charge in [-0.25, -0.2) is 9.78 Å². The number of hydrogen-bond donors (Lipinski definition) is 3. The minimum Gasteiger partial charge on any atom is -0.477 e. The molecule has 0 saturated carbocycles. The van der Waals surface area contributed by atoms with Gasteiger partial charge in [0, 0.05) is 0 Å². The number of aromatic carboxylic acids is 1. The molecule has 3 N–H and O–H groups in total. The molecule has 0 saturated heterocycles. The van der Waals surface area contributed by atoms with Gasteiger partial charge in [-0.05, 0) is 12.1 Å². The highest BCUT2D eigenvalue weighted by Crippen LogP contribution is 2.17. The van der Waals surface area contributed by atoms with Crippen molar-refractivity contribution in [2.45, 2.75) is 18.6 Å². The molecular weight excluding hydrogens is 242 g/mol. The first-order valence-corrected chi connectivity index (χ1v) is 5.09. The molecule has 0 bridgehead atoms. The number of hydrogen-bond acceptors (Lipinski definition) is 6. The van der Waals surface area contributed by atoms with Gasteiger partial charge >= 0.3 is 11.9 Å². The van der Waals surface area contributed by atoms with E-state index in [1.165, 1.54) is 18.2 Å². The van der Waals surface area contributed by atoms with Gasteiger partial charge in [-0.3, -0.25) is 4.79 Å². The quantitative estimate of drug-likeness (QED) is 0.620. The predicted molar refractivity (Wildman–Crippen MR) is 58.8 cm³/mol. The first kappa shape index (κ1) is 14.1. The fourth-order valence-corrected chi connectivity index (χ4v) is 1.30. The maximum absolute atomic E-state index is 10.9. The lowest BCUT2D eigenvalue weighted by Gasteiger charge is -2.16. The van der Waals surface area contributed by atoms with E-state index in [0.717, 1.165) is 7.11 Å². The third-order valence-electron chi connectivity index (χ3n) is 2.26. The van der Waals surface area contributed by atoms with Crippen LogP contribution < -0.4 is 0 Å². The van der Waals surface area contributed by atoms with E-state index in [1.54, 1.807) is 0 Å².